The smallest absolute Gasteiger partial charge is 0.0926 e. The van der Waals surface area contributed by atoms with E-state index >= 15 is 0 Å². The Kier molecular flexibility index (Phi) is 4.36. The van der Waals surface area contributed by atoms with Crippen LogP contribution in [-0.2, 0) is 13.0 Å². The summed E-state index contributed by atoms with van der Waals surface area (Å²) in [7, 11) is 0. The second kappa shape index (κ2) is 5.78. The molecule has 1 aliphatic rings. The van der Waals surface area contributed by atoms with Crippen LogP contribution in [-0.4, -0.2) is 11.0 Å². The first-order valence-corrected chi connectivity index (χ1v) is 7.36. The summed E-state index contributed by atoms with van der Waals surface area (Å²) in [5.41, 5.74) is 1.22. The standard InChI is InChI=1S/C13H22N2S/c1-3-10-5-6-11(7-10)14-8-12-9-16-13(4-2)15-12/h9-11,14H,3-8H2,1-2H3. The first-order chi connectivity index (χ1) is 7.81. The van der Waals surface area contributed by atoms with Crippen molar-refractivity contribution in [3.63, 3.8) is 0 Å². The summed E-state index contributed by atoms with van der Waals surface area (Å²) in [6.07, 6.45) is 6.52. The van der Waals surface area contributed by atoms with E-state index in [2.05, 4.69) is 29.5 Å². The number of aromatic nitrogens is 1. The number of hydrogen-bond acceptors (Lipinski definition) is 3. The Morgan fingerprint density at radius 2 is 2.31 bits per heavy atom. The van der Waals surface area contributed by atoms with Crippen molar-refractivity contribution >= 4 is 11.3 Å². The Hall–Kier alpha value is -0.410. The van der Waals surface area contributed by atoms with E-state index in [9.17, 15) is 0 Å². The Labute approximate surface area is 102 Å². The molecule has 0 amide bonds. The second-order valence-corrected chi connectivity index (χ2v) is 5.69. The van der Waals surface area contributed by atoms with Crippen molar-refractivity contribution in [2.24, 2.45) is 5.92 Å². The van der Waals surface area contributed by atoms with Crippen LogP contribution < -0.4 is 5.32 Å². The van der Waals surface area contributed by atoms with Gasteiger partial charge in [0.1, 0.15) is 0 Å². The molecule has 0 bridgehead atoms. The maximum Gasteiger partial charge on any atom is 0.0926 e. The van der Waals surface area contributed by atoms with E-state index in [0.717, 1.165) is 24.9 Å². The van der Waals surface area contributed by atoms with Gasteiger partial charge in [-0.15, -0.1) is 11.3 Å². The minimum absolute atomic E-state index is 0.733. The van der Waals surface area contributed by atoms with E-state index in [1.807, 2.05) is 0 Å². The van der Waals surface area contributed by atoms with Crippen LogP contribution in [0.4, 0.5) is 0 Å². The van der Waals surface area contributed by atoms with Crippen molar-refractivity contribution in [3.05, 3.63) is 16.1 Å². The first kappa shape index (κ1) is 12.1. The highest BCUT2D eigenvalue weighted by Gasteiger charge is 2.22. The number of rotatable bonds is 5. The Bertz CT molecular complexity index is 321. The number of aryl methyl sites for hydroxylation is 1. The fourth-order valence-electron chi connectivity index (χ4n) is 2.47. The molecule has 0 spiro atoms. The van der Waals surface area contributed by atoms with Gasteiger partial charge >= 0.3 is 0 Å². The van der Waals surface area contributed by atoms with E-state index in [0.29, 0.717) is 0 Å². The second-order valence-electron chi connectivity index (χ2n) is 4.75. The molecule has 1 heterocycles. The normalized spacial score (nSPS) is 25.1. The molecule has 2 unspecified atom stereocenters. The van der Waals surface area contributed by atoms with Gasteiger partial charge in [0, 0.05) is 18.0 Å². The molecule has 1 aromatic rings. The van der Waals surface area contributed by atoms with Crippen LogP contribution in [0.3, 0.4) is 0 Å². The lowest BCUT2D eigenvalue weighted by molar-refractivity contribution is 0.475. The van der Waals surface area contributed by atoms with Gasteiger partial charge in [-0.3, -0.25) is 0 Å². The number of hydrogen-bond donors (Lipinski definition) is 1. The molecule has 0 saturated heterocycles. The van der Waals surface area contributed by atoms with Crippen molar-refractivity contribution in [1.82, 2.24) is 10.3 Å². The highest BCUT2D eigenvalue weighted by Crippen LogP contribution is 2.28. The average molecular weight is 238 g/mol. The van der Waals surface area contributed by atoms with E-state index < -0.39 is 0 Å². The molecule has 1 aliphatic carbocycles. The fourth-order valence-corrected chi connectivity index (χ4v) is 3.22. The van der Waals surface area contributed by atoms with Gasteiger partial charge in [0.25, 0.3) is 0 Å². The molecular formula is C13H22N2S. The lowest BCUT2D eigenvalue weighted by Crippen LogP contribution is -2.26. The minimum Gasteiger partial charge on any atom is -0.308 e. The van der Waals surface area contributed by atoms with Crippen molar-refractivity contribution in [2.75, 3.05) is 0 Å². The van der Waals surface area contributed by atoms with Crippen molar-refractivity contribution in [1.29, 1.82) is 0 Å². The Morgan fingerprint density at radius 3 is 2.94 bits per heavy atom. The van der Waals surface area contributed by atoms with E-state index in [1.165, 1.54) is 36.4 Å². The summed E-state index contributed by atoms with van der Waals surface area (Å²) >= 11 is 1.79. The number of nitrogens with zero attached hydrogens (tertiary/aromatic N) is 1. The fraction of sp³-hybridized carbons (Fsp3) is 0.769. The molecule has 1 fully saturated rings. The predicted octanol–water partition coefficient (Wildman–Crippen LogP) is 3.37. The summed E-state index contributed by atoms with van der Waals surface area (Å²) < 4.78 is 0. The average Bonchev–Trinajstić information content (AvgIpc) is 2.95. The largest absolute Gasteiger partial charge is 0.308 e. The molecule has 16 heavy (non-hydrogen) atoms. The lowest BCUT2D eigenvalue weighted by Gasteiger charge is -2.11. The highest BCUT2D eigenvalue weighted by atomic mass is 32.1. The van der Waals surface area contributed by atoms with Gasteiger partial charge in [0.15, 0.2) is 0 Å². The van der Waals surface area contributed by atoms with Crippen LogP contribution >= 0.6 is 11.3 Å². The number of nitrogens with one attached hydrogen (secondary N) is 1. The highest BCUT2D eigenvalue weighted by molar-refractivity contribution is 7.09. The van der Waals surface area contributed by atoms with Crippen molar-refractivity contribution in [3.8, 4) is 0 Å². The van der Waals surface area contributed by atoms with Gasteiger partial charge in [-0.25, -0.2) is 4.98 Å². The predicted molar refractivity (Wildman–Crippen MR) is 69.8 cm³/mol. The molecule has 3 heteroatoms. The van der Waals surface area contributed by atoms with Crippen LogP contribution in [0.5, 0.6) is 0 Å². The molecular weight excluding hydrogens is 216 g/mol. The quantitative estimate of drug-likeness (QED) is 0.850. The summed E-state index contributed by atoms with van der Waals surface area (Å²) in [6, 6.07) is 0.733. The minimum atomic E-state index is 0.733. The topological polar surface area (TPSA) is 24.9 Å². The summed E-state index contributed by atoms with van der Waals surface area (Å²) in [5, 5.41) is 7.10. The summed E-state index contributed by atoms with van der Waals surface area (Å²) in [5.74, 6) is 0.958. The lowest BCUT2D eigenvalue weighted by atomic mass is 10.1. The first-order valence-electron chi connectivity index (χ1n) is 6.48. The molecule has 0 radical (unpaired) electrons. The van der Waals surface area contributed by atoms with Gasteiger partial charge in [-0.2, -0.15) is 0 Å². The summed E-state index contributed by atoms with van der Waals surface area (Å²) in [4.78, 5) is 4.58. The Balaban J connectivity index is 1.75. The third-order valence-corrected chi connectivity index (χ3v) is 4.63. The van der Waals surface area contributed by atoms with E-state index in [4.69, 9.17) is 0 Å². The molecule has 2 nitrogen and oxygen atoms in total. The van der Waals surface area contributed by atoms with Gasteiger partial charge in [-0.05, 0) is 31.6 Å². The molecule has 90 valence electrons. The third-order valence-electron chi connectivity index (χ3n) is 3.59. The van der Waals surface area contributed by atoms with E-state index in [-0.39, 0.29) is 0 Å². The maximum absolute atomic E-state index is 4.58. The SMILES string of the molecule is CCc1nc(CNC2CCC(CC)C2)cs1. The maximum atomic E-state index is 4.58. The molecule has 2 rings (SSSR count). The van der Waals surface area contributed by atoms with Gasteiger partial charge in [0.05, 0.1) is 10.7 Å². The zero-order valence-electron chi connectivity index (χ0n) is 10.3. The van der Waals surface area contributed by atoms with Crippen LogP contribution in [0.1, 0.15) is 50.2 Å². The van der Waals surface area contributed by atoms with Crippen LogP contribution in [0.15, 0.2) is 5.38 Å². The van der Waals surface area contributed by atoms with Gasteiger partial charge in [0.2, 0.25) is 0 Å². The third kappa shape index (κ3) is 3.05. The van der Waals surface area contributed by atoms with Crippen LogP contribution in [0.2, 0.25) is 0 Å². The summed E-state index contributed by atoms with van der Waals surface area (Å²) in [6.45, 7) is 5.43. The molecule has 1 aromatic heterocycles. The van der Waals surface area contributed by atoms with E-state index in [1.54, 1.807) is 11.3 Å². The Morgan fingerprint density at radius 1 is 1.44 bits per heavy atom. The van der Waals surface area contributed by atoms with Crippen molar-refractivity contribution in [2.45, 2.75) is 58.5 Å². The molecule has 1 saturated carbocycles. The monoisotopic (exact) mass is 238 g/mol. The molecule has 0 aromatic carbocycles. The zero-order chi connectivity index (χ0) is 11.4. The van der Waals surface area contributed by atoms with Crippen LogP contribution in [0, 0.1) is 5.92 Å². The molecule has 1 N–H and O–H groups in total. The zero-order valence-corrected chi connectivity index (χ0v) is 11.1. The molecule has 0 aliphatic heterocycles. The van der Waals surface area contributed by atoms with Gasteiger partial charge in [-0.1, -0.05) is 20.3 Å². The number of thiazole rings is 1. The van der Waals surface area contributed by atoms with Gasteiger partial charge < -0.3 is 5.32 Å². The van der Waals surface area contributed by atoms with Crippen molar-refractivity contribution < 1.29 is 0 Å². The molecule has 2 atom stereocenters. The van der Waals surface area contributed by atoms with Crippen LogP contribution in [0.25, 0.3) is 0 Å².